The lowest BCUT2D eigenvalue weighted by Crippen LogP contribution is -2.57. The van der Waals surface area contributed by atoms with E-state index < -0.39 is 16.1 Å². The highest BCUT2D eigenvalue weighted by molar-refractivity contribution is 7.91. The number of nitrogens with zero attached hydrogens (tertiary/aromatic N) is 3. The molecule has 0 bridgehead atoms. The fraction of sp³-hybridized carbons (Fsp3) is 0.320. The van der Waals surface area contributed by atoms with Crippen molar-refractivity contribution in [1.82, 2.24) is 9.21 Å². The normalized spacial score (nSPS) is 19.0. The number of amides is 1. The summed E-state index contributed by atoms with van der Waals surface area (Å²) in [6.45, 7) is 2.58. The molecule has 2 aliphatic heterocycles. The Hall–Kier alpha value is -2.88. The number of carbonyl (C=O) groups excluding carboxylic acids is 1. The number of methoxy groups -OCH3 is 1. The lowest BCUT2D eigenvalue weighted by atomic mass is 9.95. The van der Waals surface area contributed by atoms with Gasteiger partial charge < -0.3 is 14.5 Å². The van der Waals surface area contributed by atoms with Gasteiger partial charge in [0.2, 0.25) is 5.91 Å². The number of anilines is 1. The number of para-hydroxylation sites is 2. The Balaban J connectivity index is 1.38. The minimum absolute atomic E-state index is 0.130. The van der Waals surface area contributed by atoms with E-state index in [1.165, 1.54) is 15.6 Å². The van der Waals surface area contributed by atoms with E-state index in [0.717, 1.165) is 22.6 Å². The van der Waals surface area contributed by atoms with Crippen LogP contribution in [0.4, 0.5) is 5.69 Å². The van der Waals surface area contributed by atoms with Crippen molar-refractivity contribution in [2.45, 2.75) is 23.2 Å². The number of hydrogen-bond donors (Lipinski definition) is 0. The maximum absolute atomic E-state index is 13.7. The molecule has 1 fully saturated rings. The van der Waals surface area contributed by atoms with Crippen LogP contribution in [0.1, 0.15) is 11.1 Å². The van der Waals surface area contributed by atoms with Crippen molar-refractivity contribution >= 4 is 33.0 Å². The van der Waals surface area contributed by atoms with E-state index in [9.17, 15) is 13.2 Å². The third-order valence-corrected chi connectivity index (χ3v) is 9.79. The summed E-state index contributed by atoms with van der Waals surface area (Å²) in [5.41, 5.74) is 2.99. The van der Waals surface area contributed by atoms with Crippen molar-refractivity contribution in [1.29, 1.82) is 0 Å². The molecule has 9 heteroatoms. The molecule has 178 valence electrons. The summed E-state index contributed by atoms with van der Waals surface area (Å²) in [7, 11) is -2.12. The molecule has 3 aromatic rings. The summed E-state index contributed by atoms with van der Waals surface area (Å²) in [5.74, 6) is 0.675. The number of carbonyl (C=O) groups is 1. The smallest absolute Gasteiger partial charge is 0.253 e. The van der Waals surface area contributed by atoms with Crippen molar-refractivity contribution < 1.29 is 17.9 Å². The van der Waals surface area contributed by atoms with Gasteiger partial charge in [0, 0.05) is 32.7 Å². The van der Waals surface area contributed by atoms with Crippen molar-refractivity contribution in [3.05, 3.63) is 77.2 Å². The maximum atomic E-state index is 13.7. The number of sulfonamides is 1. The fourth-order valence-corrected chi connectivity index (χ4v) is 7.44. The molecule has 0 N–H and O–H groups in total. The van der Waals surface area contributed by atoms with Crippen LogP contribution >= 0.6 is 11.3 Å². The molecule has 3 heterocycles. The summed E-state index contributed by atoms with van der Waals surface area (Å²) >= 11 is 1.18. The average molecular weight is 498 g/mol. The second-order valence-electron chi connectivity index (χ2n) is 8.46. The van der Waals surface area contributed by atoms with Crippen LogP contribution in [0.25, 0.3) is 0 Å². The molecule has 2 aromatic carbocycles. The van der Waals surface area contributed by atoms with Gasteiger partial charge in [-0.2, -0.15) is 4.31 Å². The van der Waals surface area contributed by atoms with Gasteiger partial charge in [-0.25, -0.2) is 8.42 Å². The standard InChI is InChI=1S/C25H27N3O4S2/c1-32-23-10-5-4-9-21(23)26-12-14-27(15-13-26)25(29)22-17-19-7-2-3-8-20(19)18-28(22)34(30,31)24-11-6-16-33-24/h2-11,16,22H,12-15,17-18H2,1H3/t22-/m0/s1. The highest BCUT2D eigenvalue weighted by Gasteiger charge is 2.42. The van der Waals surface area contributed by atoms with E-state index in [1.54, 1.807) is 24.6 Å². The fourth-order valence-electron chi connectivity index (χ4n) is 4.76. The number of thiophene rings is 1. The Morgan fingerprint density at radius 1 is 0.941 bits per heavy atom. The summed E-state index contributed by atoms with van der Waals surface area (Å²) in [6.07, 6.45) is 0.381. The predicted octanol–water partition coefficient (Wildman–Crippen LogP) is 3.22. The van der Waals surface area contributed by atoms with Crippen LogP contribution in [0.2, 0.25) is 0 Å². The Labute approximate surface area is 204 Å². The summed E-state index contributed by atoms with van der Waals surface area (Å²) in [6, 6.07) is 18.2. The monoisotopic (exact) mass is 497 g/mol. The van der Waals surface area contributed by atoms with Crippen molar-refractivity contribution in [3.63, 3.8) is 0 Å². The minimum atomic E-state index is -3.78. The molecule has 5 rings (SSSR count). The zero-order valence-corrected chi connectivity index (χ0v) is 20.6. The SMILES string of the molecule is COc1ccccc1N1CCN(C(=O)[C@@H]2Cc3ccccc3CN2S(=O)(=O)c2cccs2)CC1. The lowest BCUT2D eigenvalue weighted by molar-refractivity contribution is -0.136. The van der Waals surface area contributed by atoms with E-state index in [0.29, 0.717) is 32.6 Å². The molecule has 1 amide bonds. The molecule has 1 atom stereocenters. The molecule has 0 radical (unpaired) electrons. The van der Waals surface area contributed by atoms with Gasteiger partial charge in [0.05, 0.1) is 12.8 Å². The van der Waals surface area contributed by atoms with Crippen molar-refractivity contribution in [2.24, 2.45) is 0 Å². The topological polar surface area (TPSA) is 70.2 Å². The molecule has 2 aliphatic rings. The van der Waals surface area contributed by atoms with Gasteiger partial charge in [-0.15, -0.1) is 11.3 Å². The van der Waals surface area contributed by atoms with E-state index in [1.807, 2.05) is 53.4 Å². The Kier molecular flexibility index (Phi) is 6.33. The van der Waals surface area contributed by atoms with Crippen LogP contribution in [-0.4, -0.2) is 62.9 Å². The van der Waals surface area contributed by atoms with E-state index in [-0.39, 0.29) is 16.7 Å². The van der Waals surface area contributed by atoms with Gasteiger partial charge in [-0.05, 0) is 41.1 Å². The third kappa shape index (κ3) is 4.19. The second-order valence-corrected chi connectivity index (χ2v) is 11.5. The molecule has 0 aliphatic carbocycles. The average Bonchev–Trinajstić information content (AvgIpc) is 3.44. The number of fused-ring (bicyclic) bond motifs is 1. The van der Waals surface area contributed by atoms with Gasteiger partial charge in [-0.3, -0.25) is 4.79 Å². The molecular weight excluding hydrogens is 470 g/mol. The van der Waals surface area contributed by atoms with Gasteiger partial charge in [-0.1, -0.05) is 42.5 Å². The van der Waals surface area contributed by atoms with Crippen LogP contribution in [0, 0.1) is 0 Å². The quantitative estimate of drug-likeness (QED) is 0.541. The summed E-state index contributed by atoms with van der Waals surface area (Å²) in [5, 5.41) is 1.75. The zero-order chi connectivity index (χ0) is 23.7. The molecule has 1 aromatic heterocycles. The zero-order valence-electron chi connectivity index (χ0n) is 19.0. The molecule has 0 saturated carbocycles. The van der Waals surface area contributed by atoms with Crippen LogP contribution in [0.5, 0.6) is 5.75 Å². The minimum Gasteiger partial charge on any atom is -0.495 e. The number of hydrogen-bond acceptors (Lipinski definition) is 6. The second kappa shape index (κ2) is 9.40. The van der Waals surface area contributed by atoms with Gasteiger partial charge in [0.15, 0.2) is 0 Å². The van der Waals surface area contributed by atoms with Crippen molar-refractivity contribution in [2.75, 3.05) is 38.2 Å². The van der Waals surface area contributed by atoms with E-state index >= 15 is 0 Å². The highest BCUT2D eigenvalue weighted by Crippen LogP contribution is 2.33. The first-order valence-corrected chi connectivity index (χ1v) is 13.6. The van der Waals surface area contributed by atoms with E-state index in [2.05, 4.69) is 4.90 Å². The lowest BCUT2D eigenvalue weighted by Gasteiger charge is -2.41. The van der Waals surface area contributed by atoms with Crippen LogP contribution < -0.4 is 9.64 Å². The first-order valence-electron chi connectivity index (χ1n) is 11.3. The van der Waals surface area contributed by atoms with Crippen LogP contribution in [0.3, 0.4) is 0 Å². The number of rotatable bonds is 5. The first kappa shape index (κ1) is 22.9. The Morgan fingerprint density at radius 3 is 2.35 bits per heavy atom. The summed E-state index contributed by atoms with van der Waals surface area (Å²) in [4.78, 5) is 17.8. The molecule has 1 saturated heterocycles. The molecule has 0 spiro atoms. The van der Waals surface area contributed by atoms with Crippen LogP contribution in [-0.2, 0) is 27.8 Å². The van der Waals surface area contributed by atoms with Gasteiger partial charge in [0.1, 0.15) is 16.0 Å². The first-order chi connectivity index (χ1) is 16.5. The molecule has 0 unspecified atom stereocenters. The van der Waals surface area contributed by atoms with E-state index in [4.69, 9.17) is 4.74 Å². The molecule has 34 heavy (non-hydrogen) atoms. The Morgan fingerprint density at radius 2 is 1.65 bits per heavy atom. The molecular formula is C25H27N3O4S2. The van der Waals surface area contributed by atoms with Crippen molar-refractivity contribution in [3.8, 4) is 5.75 Å². The largest absolute Gasteiger partial charge is 0.495 e. The predicted molar refractivity (Wildman–Crippen MR) is 133 cm³/mol. The van der Waals surface area contributed by atoms with Crippen LogP contribution in [0.15, 0.2) is 70.3 Å². The number of benzene rings is 2. The van der Waals surface area contributed by atoms with Gasteiger partial charge >= 0.3 is 0 Å². The third-order valence-electron chi connectivity index (χ3n) is 6.57. The van der Waals surface area contributed by atoms with Gasteiger partial charge in [0.25, 0.3) is 10.0 Å². The highest BCUT2D eigenvalue weighted by atomic mass is 32.2. The number of ether oxygens (including phenoxy) is 1. The summed E-state index contributed by atoms with van der Waals surface area (Å²) < 4.78 is 34.2. The number of piperazine rings is 1. The maximum Gasteiger partial charge on any atom is 0.253 e. The Bertz CT molecular complexity index is 1270. The molecule has 7 nitrogen and oxygen atoms in total.